The van der Waals surface area contributed by atoms with Gasteiger partial charge in [-0.1, -0.05) is 11.6 Å². The summed E-state index contributed by atoms with van der Waals surface area (Å²) in [5.74, 6) is 0.316. The fraction of sp³-hybridized carbons (Fsp3) is 0.529. The molecule has 0 radical (unpaired) electrons. The molecule has 0 aromatic carbocycles. The van der Waals surface area contributed by atoms with Crippen LogP contribution in [0.25, 0.3) is 10.6 Å². The molecule has 0 saturated carbocycles. The van der Waals surface area contributed by atoms with Crippen LogP contribution in [-0.4, -0.2) is 54.4 Å². The van der Waals surface area contributed by atoms with E-state index in [0.717, 1.165) is 11.3 Å². The van der Waals surface area contributed by atoms with Crippen molar-refractivity contribution < 1.29 is 18.3 Å². The smallest absolute Gasteiger partial charge is 0.250 e. The molecule has 0 aliphatic carbocycles. The number of nitrogens with one attached hydrogen (secondary N) is 2. The highest BCUT2D eigenvalue weighted by atomic mass is 35.5. The minimum Gasteiger partial charge on any atom is -0.389 e. The maximum atomic E-state index is 12.5. The van der Waals surface area contributed by atoms with E-state index in [0.29, 0.717) is 34.6 Å². The van der Waals surface area contributed by atoms with Crippen molar-refractivity contribution in [2.24, 2.45) is 0 Å². The molecule has 8 nitrogen and oxygen atoms in total. The fourth-order valence-corrected chi connectivity index (χ4v) is 5.69. The normalized spacial score (nSPS) is 20.9. The van der Waals surface area contributed by atoms with Crippen LogP contribution >= 0.6 is 22.9 Å². The number of aliphatic hydroxyl groups excluding tert-OH is 1. The number of rotatable bonds is 5. The molecule has 1 fully saturated rings. The Morgan fingerprint density at radius 3 is 2.79 bits per heavy atom. The molecule has 3 heterocycles. The van der Waals surface area contributed by atoms with Gasteiger partial charge in [0.25, 0.3) is 10.0 Å². The van der Waals surface area contributed by atoms with Crippen LogP contribution in [0.15, 0.2) is 22.5 Å². The molecule has 3 N–H and O–H groups in total. The fourth-order valence-electron chi connectivity index (χ4n) is 2.71. The molecule has 2 aromatic rings. The van der Waals surface area contributed by atoms with Gasteiger partial charge in [0, 0.05) is 12.1 Å². The Morgan fingerprint density at radius 1 is 1.36 bits per heavy atom. The molecule has 2 atom stereocenters. The van der Waals surface area contributed by atoms with E-state index in [9.17, 15) is 13.5 Å². The first-order chi connectivity index (χ1) is 13.0. The van der Waals surface area contributed by atoms with Crippen molar-refractivity contribution in [1.29, 1.82) is 0 Å². The van der Waals surface area contributed by atoms with E-state index in [1.165, 1.54) is 12.3 Å². The summed E-state index contributed by atoms with van der Waals surface area (Å²) in [7, 11) is -3.64. The molecule has 2 aromatic heterocycles. The third-order valence-electron chi connectivity index (χ3n) is 3.91. The lowest BCUT2D eigenvalue weighted by Crippen LogP contribution is -2.42. The maximum absolute atomic E-state index is 12.5. The largest absolute Gasteiger partial charge is 0.389 e. The summed E-state index contributed by atoms with van der Waals surface area (Å²) in [6, 6.07) is 2.98. The molecule has 1 aliphatic heterocycles. The van der Waals surface area contributed by atoms with Crippen molar-refractivity contribution in [3.63, 3.8) is 0 Å². The number of hydrogen-bond acceptors (Lipinski definition) is 8. The Balaban J connectivity index is 1.85. The second-order valence-electron chi connectivity index (χ2n) is 7.55. The van der Waals surface area contributed by atoms with Crippen LogP contribution in [0.4, 0.5) is 5.95 Å². The van der Waals surface area contributed by atoms with Crippen LogP contribution in [0, 0.1) is 0 Å². The lowest BCUT2D eigenvalue weighted by atomic mass is 10.1. The number of hydrogen-bond donors (Lipinski definition) is 3. The van der Waals surface area contributed by atoms with Crippen LogP contribution in [0.3, 0.4) is 0 Å². The lowest BCUT2D eigenvalue weighted by Gasteiger charge is -2.28. The number of aromatic nitrogens is 2. The van der Waals surface area contributed by atoms with Crippen LogP contribution in [0.1, 0.15) is 27.2 Å². The Morgan fingerprint density at radius 2 is 2.11 bits per heavy atom. The second kappa shape index (κ2) is 8.21. The van der Waals surface area contributed by atoms with Gasteiger partial charge in [-0.15, -0.1) is 11.3 Å². The number of halogens is 1. The number of thiophene rings is 1. The molecule has 1 saturated heterocycles. The number of nitrogens with zero attached hydrogens (tertiary/aromatic N) is 2. The zero-order chi connectivity index (χ0) is 20.5. The molecule has 11 heteroatoms. The van der Waals surface area contributed by atoms with Crippen LogP contribution < -0.4 is 10.0 Å². The average Bonchev–Trinajstić information content (AvgIpc) is 3.07. The molecule has 28 heavy (non-hydrogen) atoms. The molecule has 0 unspecified atom stereocenters. The van der Waals surface area contributed by atoms with E-state index >= 15 is 0 Å². The Labute approximate surface area is 173 Å². The SMILES string of the molecule is CC(C)(C)NS(=O)(=O)c1ccc(-c2nc(N[C@@H]3CCOC[C@H]3O)ncc2Cl)s1. The monoisotopic (exact) mass is 446 g/mol. The second-order valence-corrected chi connectivity index (χ2v) is 10.9. The third kappa shape index (κ3) is 5.19. The summed E-state index contributed by atoms with van der Waals surface area (Å²) in [6.45, 7) is 6.14. The van der Waals surface area contributed by atoms with Gasteiger partial charge in [0.1, 0.15) is 9.90 Å². The first kappa shape index (κ1) is 21.4. The summed E-state index contributed by atoms with van der Waals surface area (Å²) in [4.78, 5) is 9.20. The predicted molar refractivity (Wildman–Crippen MR) is 109 cm³/mol. The highest BCUT2D eigenvalue weighted by Crippen LogP contribution is 2.34. The van der Waals surface area contributed by atoms with E-state index in [-0.39, 0.29) is 16.9 Å². The zero-order valence-corrected chi connectivity index (χ0v) is 18.2. The van der Waals surface area contributed by atoms with Crippen molar-refractivity contribution in [2.75, 3.05) is 18.5 Å². The minimum atomic E-state index is -3.64. The Hall–Kier alpha value is -1.30. The first-order valence-corrected chi connectivity index (χ1v) is 11.4. The van der Waals surface area contributed by atoms with E-state index in [1.54, 1.807) is 26.8 Å². The quantitative estimate of drug-likeness (QED) is 0.646. The van der Waals surface area contributed by atoms with Gasteiger partial charge >= 0.3 is 0 Å². The minimum absolute atomic E-state index is 0.182. The predicted octanol–water partition coefficient (Wildman–Crippen LogP) is 2.50. The highest BCUT2D eigenvalue weighted by Gasteiger charge is 2.26. The summed E-state index contributed by atoms with van der Waals surface area (Å²) in [5, 5.41) is 13.4. The zero-order valence-electron chi connectivity index (χ0n) is 15.8. The maximum Gasteiger partial charge on any atom is 0.250 e. The third-order valence-corrected chi connectivity index (χ3v) is 7.52. The average molecular weight is 447 g/mol. The van der Waals surface area contributed by atoms with E-state index in [4.69, 9.17) is 16.3 Å². The van der Waals surface area contributed by atoms with Gasteiger partial charge in [-0.2, -0.15) is 0 Å². The van der Waals surface area contributed by atoms with Gasteiger partial charge in [0.15, 0.2) is 0 Å². The molecular formula is C17H23ClN4O4S2. The Kier molecular flexibility index (Phi) is 6.28. The molecular weight excluding hydrogens is 424 g/mol. The van der Waals surface area contributed by atoms with E-state index < -0.39 is 21.7 Å². The van der Waals surface area contributed by atoms with Gasteiger partial charge in [0.05, 0.1) is 34.8 Å². The number of sulfonamides is 1. The molecule has 0 amide bonds. The molecule has 0 spiro atoms. The Bertz CT molecular complexity index is 943. The lowest BCUT2D eigenvalue weighted by molar-refractivity contribution is -0.0136. The van der Waals surface area contributed by atoms with Gasteiger partial charge in [-0.05, 0) is 39.3 Å². The molecule has 0 bridgehead atoms. The van der Waals surface area contributed by atoms with Gasteiger partial charge in [-0.25, -0.2) is 23.1 Å². The summed E-state index contributed by atoms with van der Waals surface area (Å²) < 4.78 is 33.1. The van der Waals surface area contributed by atoms with Crippen LogP contribution in [-0.2, 0) is 14.8 Å². The van der Waals surface area contributed by atoms with E-state index in [1.807, 2.05) is 0 Å². The number of aliphatic hydroxyl groups is 1. The highest BCUT2D eigenvalue weighted by molar-refractivity contribution is 7.91. The van der Waals surface area contributed by atoms with Gasteiger partial charge in [0.2, 0.25) is 5.95 Å². The molecule has 1 aliphatic rings. The van der Waals surface area contributed by atoms with Crippen LogP contribution in [0.2, 0.25) is 5.02 Å². The van der Waals surface area contributed by atoms with Crippen LogP contribution in [0.5, 0.6) is 0 Å². The van der Waals surface area contributed by atoms with E-state index in [2.05, 4.69) is 20.0 Å². The van der Waals surface area contributed by atoms with Crippen molar-refractivity contribution in [1.82, 2.24) is 14.7 Å². The van der Waals surface area contributed by atoms with Gasteiger partial charge in [-0.3, -0.25) is 0 Å². The topological polar surface area (TPSA) is 113 Å². The van der Waals surface area contributed by atoms with Crippen molar-refractivity contribution >= 4 is 38.9 Å². The molecule has 154 valence electrons. The summed E-state index contributed by atoms with van der Waals surface area (Å²) in [6.07, 6.45) is 1.43. The van der Waals surface area contributed by atoms with Crippen molar-refractivity contribution in [2.45, 2.75) is 49.1 Å². The van der Waals surface area contributed by atoms with Crippen molar-refractivity contribution in [3.05, 3.63) is 23.4 Å². The number of ether oxygens (including phenoxy) is 1. The summed E-state index contributed by atoms with van der Waals surface area (Å²) in [5.41, 5.74) is -0.153. The molecule has 3 rings (SSSR count). The van der Waals surface area contributed by atoms with Crippen molar-refractivity contribution in [3.8, 4) is 10.6 Å². The first-order valence-electron chi connectivity index (χ1n) is 8.74. The standard InChI is InChI=1S/C17H23ClN4O4S2/c1-17(2,3)22-28(24,25)14-5-4-13(27-14)15-10(18)8-19-16(21-15)20-11-6-7-26-9-12(11)23/h4-5,8,11-12,22-23H,6-7,9H2,1-3H3,(H,19,20,21)/t11-,12-/m1/s1. The van der Waals surface area contributed by atoms with Gasteiger partial charge < -0.3 is 15.2 Å². The summed E-state index contributed by atoms with van der Waals surface area (Å²) >= 11 is 7.33. The number of anilines is 1.